The van der Waals surface area contributed by atoms with Crippen molar-refractivity contribution in [2.45, 2.75) is 78.4 Å². The van der Waals surface area contributed by atoms with E-state index in [0.29, 0.717) is 39.6 Å². The van der Waals surface area contributed by atoms with Gasteiger partial charge in [0.2, 0.25) is 19.5 Å². The summed E-state index contributed by atoms with van der Waals surface area (Å²) in [5.74, 6) is -2.16. The molecule has 0 saturated heterocycles. The summed E-state index contributed by atoms with van der Waals surface area (Å²) < 4.78 is 41.0. The van der Waals surface area contributed by atoms with Crippen molar-refractivity contribution in [1.29, 1.82) is 0 Å². The van der Waals surface area contributed by atoms with Crippen LogP contribution >= 0.6 is 0 Å². The lowest BCUT2D eigenvalue weighted by Gasteiger charge is -2.38. The van der Waals surface area contributed by atoms with E-state index in [1.54, 1.807) is 0 Å². The van der Waals surface area contributed by atoms with E-state index in [-0.39, 0.29) is 30.6 Å². The lowest BCUT2D eigenvalue weighted by atomic mass is 10.4. The van der Waals surface area contributed by atoms with E-state index < -0.39 is 11.9 Å². The van der Waals surface area contributed by atoms with Crippen LogP contribution in [0.15, 0.2) is 0 Å². The average Bonchev–Trinajstić information content (AvgIpc) is 2.62. The zero-order valence-corrected chi connectivity index (χ0v) is 20.3. The molecule has 0 amide bonds. The Hall–Kier alpha value is 0.154. The van der Waals surface area contributed by atoms with Crippen LogP contribution in [0, 0.1) is 0 Å². The van der Waals surface area contributed by atoms with Gasteiger partial charge >= 0.3 is 0 Å². The van der Waals surface area contributed by atoms with Crippen LogP contribution in [0.5, 0.6) is 0 Å². The van der Waals surface area contributed by atoms with Crippen molar-refractivity contribution >= 4 is 19.5 Å². The molecule has 0 fully saturated rings. The quantitative estimate of drug-likeness (QED) is 0.248. The molecule has 7 nitrogen and oxygen atoms in total. The van der Waals surface area contributed by atoms with Gasteiger partial charge in [-0.2, -0.15) is 0 Å². The number of ether oxygens (including phenoxy) is 6. The molecule has 0 aromatic carbocycles. The molecule has 27 heavy (non-hydrogen) atoms. The lowest BCUT2D eigenvalue weighted by Crippen LogP contribution is -2.47. The lowest BCUT2D eigenvalue weighted by molar-refractivity contribution is -0.378. The van der Waals surface area contributed by atoms with Gasteiger partial charge in [-0.05, 0) is 41.5 Å². The third-order valence-corrected chi connectivity index (χ3v) is 5.96. The van der Waals surface area contributed by atoms with Gasteiger partial charge in [0.25, 0.3) is 11.9 Å². The van der Waals surface area contributed by atoms with Crippen LogP contribution in [0.3, 0.4) is 0 Å². The fraction of sp³-hybridized carbons (Fsp3) is 1.00. The van der Waals surface area contributed by atoms with Crippen LogP contribution in [0.2, 0.25) is 11.1 Å². The molecule has 4 radical (unpaired) electrons. The summed E-state index contributed by atoms with van der Waals surface area (Å²) in [4.78, 5) is 0. The summed E-state index contributed by atoms with van der Waals surface area (Å²) in [7, 11) is 0.271. The van der Waals surface area contributed by atoms with E-state index in [4.69, 9.17) is 32.5 Å². The van der Waals surface area contributed by atoms with Crippen molar-refractivity contribution in [2.24, 2.45) is 0 Å². The van der Waals surface area contributed by atoms with E-state index in [2.05, 4.69) is 0 Å². The van der Waals surface area contributed by atoms with Gasteiger partial charge in [0.1, 0.15) is 0 Å². The highest BCUT2D eigenvalue weighted by molar-refractivity contribution is 6.45. The zero-order valence-electron chi connectivity index (χ0n) is 18.3. The smallest absolute Gasteiger partial charge is 0.284 e. The summed E-state index contributed by atoms with van der Waals surface area (Å²) in [5, 5.41) is 0. The number of hydrogen-bond acceptors (Lipinski definition) is 7. The van der Waals surface area contributed by atoms with Crippen LogP contribution in [-0.4, -0.2) is 71.1 Å². The molecule has 160 valence electrons. The van der Waals surface area contributed by atoms with E-state index in [1.807, 2.05) is 55.4 Å². The summed E-state index contributed by atoms with van der Waals surface area (Å²) in [5.41, 5.74) is -0.171. The molecule has 0 aliphatic rings. The van der Waals surface area contributed by atoms with Crippen LogP contribution in [0.25, 0.3) is 0 Å². The number of rotatable bonds is 18. The Bertz CT molecular complexity index is 295. The van der Waals surface area contributed by atoms with E-state index in [1.165, 1.54) is 0 Å². The molecule has 0 saturated carbocycles. The average molecular weight is 423 g/mol. The fourth-order valence-corrected chi connectivity index (χ4v) is 5.04. The second-order valence-electron chi connectivity index (χ2n) is 5.59. The van der Waals surface area contributed by atoms with Crippen LogP contribution < -0.4 is 0 Å². The first-order chi connectivity index (χ1) is 12.9. The highest BCUT2D eigenvalue weighted by Crippen LogP contribution is 2.32. The Balaban J connectivity index is 4.95. The van der Waals surface area contributed by atoms with Crippen molar-refractivity contribution in [2.75, 3.05) is 39.6 Å². The van der Waals surface area contributed by atoms with Crippen LogP contribution in [-0.2, 0) is 32.5 Å². The van der Waals surface area contributed by atoms with Crippen molar-refractivity contribution in [3.05, 3.63) is 0 Å². The molecular weight excluding hydrogens is 384 g/mol. The summed E-state index contributed by atoms with van der Waals surface area (Å²) >= 11 is 0. The first kappa shape index (κ1) is 27.2. The predicted molar refractivity (Wildman–Crippen MR) is 107 cm³/mol. The molecule has 0 aliphatic heterocycles. The van der Waals surface area contributed by atoms with Gasteiger partial charge in [-0.15, -0.1) is 0 Å². The van der Waals surface area contributed by atoms with Crippen LogP contribution in [0.4, 0.5) is 0 Å². The Morgan fingerprint density at radius 3 is 0.926 bits per heavy atom. The molecule has 9 heteroatoms. The largest absolute Gasteiger partial charge is 0.456 e. The van der Waals surface area contributed by atoms with E-state index in [9.17, 15) is 0 Å². The Kier molecular flexibility index (Phi) is 15.1. The molecule has 2 atom stereocenters. The van der Waals surface area contributed by atoms with Gasteiger partial charge in [-0.25, -0.2) is 0 Å². The SMILES string of the molecule is CCOC(OCC)(OCC)C(C)[Si]O[Si]C(C)C(OCC)(OCC)OCC. The molecule has 0 N–H and O–H groups in total. The van der Waals surface area contributed by atoms with E-state index in [0.717, 1.165) is 0 Å². The highest BCUT2D eigenvalue weighted by Gasteiger charge is 2.43. The minimum absolute atomic E-state index is 0.0854. The predicted octanol–water partition coefficient (Wildman–Crippen LogP) is 3.38. The topological polar surface area (TPSA) is 64.6 Å². The molecule has 0 aromatic heterocycles. The van der Waals surface area contributed by atoms with Crippen molar-refractivity contribution < 1.29 is 32.5 Å². The Morgan fingerprint density at radius 2 is 0.741 bits per heavy atom. The third kappa shape index (κ3) is 8.59. The van der Waals surface area contributed by atoms with Crippen molar-refractivity contribution in [3.8, 4) is 0 Å². The normalized spacial score (nSPS) is 15.1. The maximum Gasteiger partial charge on any atom is 0.284 e. The van der Waals surface area contributed by atoms with E-state index >= 15 is 0 Å². The maximum absolute atomic E-state index is 6.02. The van der Waals surface area contributed by atoms with Gasteiger partial charge in [0, 0.05) is 39.6 Å². The van der Waals surface area contributed by atoms with Gasteiger partial charge in [0.15, 0.2) is 0 Å². The fourth-order valence-electron chi connectivity index (χ4n) is 2.56. The molecule has 0 aliphatic carbocycles. The molecule has 0 aromatic rings. The standard InChI is InChI=1S/C18H38O7Si2/c1-9-19-17(20-10-2,21-11-3)15(7)26-25-27-16(8)18(22-12-4,23-13-5)24-14-6/h15-16H,9-14H2,1-8H3. The monoisotopic (exact) mass is 422 g/mol. The summed E-state index contributed by atoms with van der Waals surface area (Å²) in [6.07, 6.45) is 0. The molecule has 0 spiro atoms. The first-order valence-electron chi connectivity index (χ1n) is 9.92. The highest BCUT2D eigenvalue weighted by atomic mass is 28.3. The van der Waals surface area contributed by atoms with Crippen molar-refractivity contribution in [3.63, 3.8) is 0 Å². The molecule has 0 bridgehead atoms. The Morgan fingerprint density at radius 1 is 0.519 bits per heavy atom. The number of hydrogen-bond donors (Lipinski definition) is 0. The van der Waals surface area contributed by atoms with Crippen LogP contribution in [0.1, 0.15) is 55.4 Å². The van der Waals surface area contributed by atoms with Gasteiger partial charge < -0.3 is 32.5 Å². The molecule has 0 rings (SSSR count). The minimum atomic E-state index is -1.08. The second kappa shape index (κ2) is 15.1. The Labute approximate surface area is 170 Å². The third-order valence-electron chi connectivity index (χ3n) is 3.61. The molecular formula is C18H38O7Si2. The van der Waals surface area contributed by atoms with Gasteiger partial charge in [-0.3, -0.25) is 0 Å². The van der Waals surface area contributed by atoms with Gasteiger partial charge in [-0.1, -0.05) is 13.8 Å². The van der Waals surface area contributed by atoms with Crippen molar-refractivity contribution in [1.82, 2.24) is 0 Å². The first-order valence-corrected chi connectivity index (χ1v) is 11.9. The maximum atomic E-state index is 6.02. The minimum Gasteiger partial charge on any atom is -0.456 e. The second-order valence-corrected chi connectivity index (χ2v) is 8.61. The molecule has 2 unspecified atom stereocenters. The molecule has 0 heterocycles. The van der Waals surface area contributed by atoms with Gasteiger partial charge in [0.05, 0.1) is 11.1 Å². The zero-order chi connectivity index (χ0) is 20.8. The summed E-state index contributed by atoms with van der Waals surface area (Å²) in [6, 6.07) is 0. The summed E-state index contributed by atoms with van der Waals surface area (Å²) in [6.45, 7) is 18.5.